The van der Waals surface area contributed by atoms with Gasteiger partial charge in [-0.05, 0) is 50.5 Å². The Morgan fingerprint density at radius 3 is 2.43 bits per heavy atom. The Hall–Kier alpha value is -2.16. The second kappa shape index (κ2) is 7.02. The smallest absolute Gasteiger partial charge is 0.331 e. The number of Topliss-reactive ketones (excluding diaryl/α,β-unsaturated/α-hetero) is 1. The molecule has 3 heteroatoms. The van der Waals surface area contributed by atoms with Gasteiger partial charge in [0.15, 0.2) is 5.78 Å². The predicted octanol–water partition coefficient (Wildman–Crippen LogP) is 3.73. The molecule has 0 saturated carbocycles. The molecule has 0 atom stereocenters. The summed E-state index contributed by atoms with van der Waals surface area (Å²) in [5.74, 6) is -0.413. The van der Waals surface area contributed by atoms with Gasteiger partial charge in [0.1, 0.15) is 5.60 Å². The molecule has 1 aromatic rings. The molecule has 112 valence electrons. The molecule has 0 aromatic heterocycles. The molecule has 21 heavy (non-hydrogen) atoms. The minimum Gasteiger partial charge on any atom is -0.457 e. The summed E-state index contributed by atoms with van der Waals surface area (Å²) in [6.45, 7) is 10.7. The number of carbonyl (C=O) groups excluding carboxylic acids is 2. The summed E-state index contributed by atoms with van der Waals surface area (Å²) >= 11 is 0. The van der Waals surface area contributed by atoms with Gasteiger partial charge in [-0.25, -0.2) is 4.79 Å². The molecule has 0 fully saturated rings. The summed E-state index contributed by atoms with van der Waals surface area (Å²) in [6.07, 6.45) is 3.58. The van der Waals surface area contributed by atoms with Crippen LogP contribution in [0, 0.1) is 0 Å². The molecule has 0 bridgehead atoms. The third-order valence-corrected chi connectivity index (χ3v) is 2.76. The highest BCUT2D eigenvalue weighted by Gasteiger charge is 2.14. The van der Waals surface area contributed by atoms with E-state index >= 15 is 0 Å². The number of carbonyl (C=O) groups is 2. The molecule has 0 unspecified atom stereocenters. The number of ether oxygens (including phenoxy) is 1. The minimum absolute atomic E-state index is 0.0269. The molecule has 1 aromatic carbocycles. The Balaban J connectivity index is 2.86. The quantitative estimate of drug-likeness (QED) is 0.612. The van der Waals surface area contributed by atoms with Crippen molar-refractivity contribution in [1.82, 2.24) is 0 Å². The maximum Gasteiger partial charge on any atom is 0.331 e. The molecule has 3 nitrogen and oxygen atoms in total. The minimum atomic E-state index is -0.510. The van der Waals surface area contributed by atoms with Gasteiger partial charge >= 0.3 is 5.97 Å². The van der Waals surface area contributed by atoms with Crippen LogP contribution in [0.15, 0.2) is 42.5 Å². The van der Waals surface area contributed by atoms with Crippen molar-refractivity contribution in [2.24, 2.45) is 0 Å². The van der Waals surface area contributed by atoms with E-state index in [4.69, 9.17) is 4.74 Å². The number of hydrogen-bond donors (Lipinski definition) is 0. The van der Waals surface area contributed by atoms with Crippen LogP contribution in [-0.2, 0) is 20.7 Å². The summed E-state index contributed by atoms with van der Waals surface area (Å²) in [5, 5.41) is 0. The van der Waals surface area contributed by atoms with Crippen molar-refractivity contribution in [2.45, 2.75) is 39.7 Å². The van der Waals surface area contributed by atoms with Gasteiger partial charge in [-0.3, -0.25) is 4.79 Å². The highest BCUT2D eigenvalue weighted by atomic mass is 16.6. The van der Waals surface area contributed by atoms with E-state index in [1.54, 1.807) is 6.08 Å². The van der Waals surface area contributed by atoms with Crippen molar-refractivity contribution >= 4 is 17.8 Å². The topological polar surface area (TPSA) is 43.4 Å². The molecule has 0 saturated heterocycles. The van der Waals surface area contributed by atoms with Crippen LogP contribution < -0.4 is 0 Å². The number of benzene rings is 1. The number of ketones is 1. The molecule has 1 rings (SSSR count). The largest absolute Gasteiger partial charge is 0.457 e. The number of rotatable bonds is 5. The van der Waals surface area contributed by atoms with E-state index in [0.717, 1.165) is 11.1 Å². The van der Waals surface area contributed by atoms with Crippen LogP contribution >= 0.6 is 0 Å². The van der Waals surface area contributed by atoms with Crippen LogP contribution in [0.2, 0.25) is 0 Å². The third kappa shape index (κ3) is 6.21. The van der Waals surface area contributed by atoms with Crippen LogP contribution in [0.1, 0.15) is 38.8 Å². The Morgan fingerprint density at radius 2 is 1.86 bits per heavy atom. The lowest BCUT2D eigenvalue weighted by atomic mass is 9.98. The van der Waals surface area contributed by atoms with Gasteiger partial charge in [-0.2, -0.15) is 0 Å². The van der Waals surface area contributed by atoms with Gasteiger partial charge in [-0.15, -0.1) is 0 Å². The zero-order valence-corrected chi connectivity index (χ0v) is 13.1. The molecule has 0 radical (unpaired) electrons. The average Bonchev–Trinajstić information content (AvgIpc) is 2.35. The first-order valence-corrected chi connectivity index (χ1v) is 6.87. The highest BCUT2D eigenvalue weighted by molar-refractivity contribution is 5.93. The van der Waals surface area contributed by atoms with Crippen LogP contribution in [0.5, 0.6) is 0 Å². The molecular weight excluding hydrogens is 264 g/mol. The molecule has 0 heterocycles. The predicted molar refractivity (Wildman–Crippen MR) is 84.8 cm³/mol. The summed E-state index contributed by atoms with van der Waals surface area (Å²) in [7, 11) is 0. The second-order valence-electron chi connectivity index (χ2n) is 5.90. The molecule has 0 aliphatic carbocycles. The molecule has 0 amide bonds. The molecule has 0 aliphatic heterocycles. The highest BCUT2D eigenvalue weighted by Crippen LogP contribution is 2.16. The van der Waals surface area contributed by atoms with Gasteiger partial charge in [0.25, 0.3) is 0 Å². The molecule has 0 aliphatic rings. The first kappa shape index (κ1) is 16.9. The maximum atomic E-state index is 11.7. The van der Waals surface area contributed by atoms with Crippen molar-refractivity contribution < 1.29 is 14.3 Å². The number of hydrogen-bond acceptors (Lipinski definition) is 3. The Labute approximate surface area is 126 Å². The SMILES string of the molecule is C=C(Cc1ccccc1/C=C/C(=O)OC(C)(C)C)C(C)=O. The zero-order valence-electron chi connectivity index (χ0n) is 13.1. The number of esters is 1. The molecule has 0 spiro atoms. The lowest BCUT2D eigenvalue weighted by Gasteiger charge is -2.18. The normalized spacial score (nSPS) is 11.4. The lowest BCUT2D eigenvalue weighted by molar-refractivity contribution is -0.148. The Kier molecular flexibility index (Phi) is 5.65. The van der Waals surface area contributed by atoms with Crippen LogP contribution in [-0.4, -0.2) is 17.4 Å². The average molecular weight is 286 g/mol. The van der Waals surface area contributed by atoms with Gasteiger partial charge in [0.05, 0.1) is 0 Å². The zero-order chi connectivity index (χ0) is 16.0. The van der Waals surface area contributed by atoms with Gasteiger partial charge in [0, 0.05) is 12.5 Å². The van der Waals surface area contributed by atoms with Gasteiger partial charge < -0.3 is 4.74 Å². The van der Waals surface area contributed by atoms with E-state index in [2.05, 4.69) is 6.58 Å². The van der Waals surface area contributed by atoms with E-state index in [1.165, 1.54) is 13.0 Å². The van der Waals surface area contributed by atoms with Crippen molar-refractivity contribution in [3.63, 3.8) is 0 Å². The molecule has 0 N–H and O–H groups in total. The third-order valence-electron chi connectivity index (χ3n) is 2.76. The fourth-order valence-corrected chi connectivity index (χ4v) is 1.71. The Morgan fingerprint density at radius 1 is 1.24 bits per heavy atom. The maximum absolute atomic E-state index is 11.7. The summed E-state index contributed by atoms with van der Waals surface area (Å²) in [5.41, 5.74) is 1.88. The van der Waals surface area contributed by atoms with Gasteiger partial charge in [-0.1, -0.05) is 30.8 Å². The standard InChI is InChI=1S/C18H22O3/c1-13(14(2)19)12-16-9-7-6-8-15(16)10-11-17(20)21-18(3,4)5/h6-11H,1,12H2,2-5H3/b11-10+. The van der Waals surface area contributed by atoms with Crippen molar-refractivity contribution in [3.8, 4) is 0 Å². The second-order valence-corrected chi connectivity index (χ2v) is 5.90. The summed E-state index contributed by atoms with van der Waals surface area (Å²) in [6, 6.07) is 7.59. The van der Waals surface area contributed by atoms with Crippen LogP contribution in [0.3, 0.4) is 0 Å². The van der Waals surface area contributed by atoms with Crippen molar-refractivity contribution in [1.29, 1.82) is 0 Å². The fraction of sp³-hybridized carbons (Fsp3) is 0.333. The molecular formula is C18H22O3. The van der Waals surface area contributed by atoms with E-state index in [0.29, 0.717) is 12.0 Å². The van der Waals surface area contributed by atoms with E-state index < -0.39 is 5.60 Å². The summed E-state index contributed by atoms with van der Waals surface area (Å²) < 4.78 is 5.22. The lowest BCUT2D eigenvalue weighted by Crippen LogP contribution is -2.22. The van der Waals surface area contributed by atoms with Crippen molar-refractivity contribution in [2.75, 3.05) is 0 Å². The fourth-order valence-electron chi connectivity index (χ4n) is 1.71. The monoisotopic (exact) mass is 286 g/mol. The Bertz CT molecular complexity index is 574. The van der Waals surface area contributed by atoms with Crippen molar-refractivity contribution in [3.05, 3.63) is 53.6 Å². The first-order chi connectivity index (χ1) is 9.69. The van der Waals surface area contributed by atoms with Crippen LogP contribution in [0.25, 0.3) is 6.08 Å². The number of allylic oxidation sites excluding steroid dienone is 1. The first-order valence-electron chi connectivity index (χ1n) is 6.87. The van der Waals surface area contributed by atoms with E-state index in [9.17, 15) is 9.59 Å². The van der Waals surface area contributed by atoms with E-state index in [-0.39, 0.29) is 11.8 Å². The van der Waals surface area contributed by atoms with Crippen LogP contribution in [0.4, 0.5) is 0 Å². The van der Waals surface area contributed by atoms with E-state index in [1.807, 2.05) is 45.0 Å². The summed E-state index contributed by atoms with van der Waals surface area (Å²) in [4.78, 5) is 23.0. The van der Waals surface area contributed by atoms with Gasteiger partial charge in [0.2, 0.25) is 0 Å².